The number of fused-ring (bicyclic) bond motifs is 1. The zero-order valence-corrected chi connectivity index (χ0v) is 17.2. The number of nitrogens with zero attached hydrogens (tertiary/aromatic N) is 4. The molecule has 3 heterocycles. The van der Waals surface area contributed by atoms with E-state index >= 15 is 0 Å². The summed E-state index contributed by atoms with van der Waals surface area (Å²) in [4.78, 5) is 25.2. The average Bonchev–Trinajstić information content (AvgIpc) is 3.46. The first-order chi connectivity index (χ1) is 15.6. The summed E-state index contributed by atoms with van der Waals surface area (Å²) in [5.74, 6) is 3.48. The van der Waals surface area contributed by atoms with Gasteiger partial charge < -0.3 is 19.5 Å². The number of benzene rings is 2. The number of rotatable bonds is 6. The van der Waals surface area contributed by atoms with E-state index in [2.05, 4.69) is 20.3 Å². The Kier molecular flexibility index (Phi) is 5.12. The number of imidazole rings is 1. The Morgan fingerprint density at radius 3 is 2.75 bits per heavy atom. The van der Waals surface area contributed by atoms with Crippen LogP contribution in [0.2, 0.25) is 0 Å². The molecule has 0 unspecified atom stereocenters. The fourth-order valence-corrected chi connectivity index (χ4v) is 3.27. The molecule has 0 radical (unpaired) electrons. The third-order valence-electron chi connectivity index (χ3n) is 4.73. The third-order valence-corrected chi connectivity index (χ3v) is 4.73. The molecule has 0 aliphatic carbocycles. The Morgan fingerprint density at radius 2 is 1.94 bits per heavy atom. The summed E-state index contributed by atoms with van der Waals surface area (Å²) in [6.07, 6.45) is 5.36. The van der Waals surface area contributed by atoms with Gasteiger partial charge in [-0.05, 0) is 48.9 Å². The number of aromatic nitrogens is 4. The largest absolute Gasteiger partial charge is 0.454 e. The van der Waals surface area contributed by atoms with Crippen molar-refractivity contribution in [3.63, 3.8) is 0 Å². The monoisotopic (exact) mass is 429 g/mol. The van der Waals surface area contributed by atoms with Crippen LogP contribution in [0, 0.1) is 6.92 Å². The fraction of sp³-hybridized carbons (Fsp3) is 0.130. The Balaban J connectivity index is 1.22. The van der Waals surface area contributed by atoms with Gasteiger partial charge in [-0.3, -0.25) is 9.36 Å². The summed E-state index contributed by atoms with van der Waals surface area (Å²) in [6, 6.07) is 14.3. The molecule has 2 aromatic carbocycles. The molecule has 5 rings (SSSR count). The van der Waals surface area contributed by atoms with Gasteiger partial charge in [0, 0.05) is 24.1 Å². The molecule has 4 aromatic rings. The highest BCUT2D eigenvalue weighted by molar-refractivity contribution is 5.92. The van der Waals surface area contributed by atoms with Gasteiger partial charge in [-0.25, -0.2) is 9.97 Å². The highest BCUT2D eigenvalue weighted by Crippen LogP contribution is 2.32. The number of amides is 1. The maximum atomic E-state index is 12.4. The van der Waals surface area contributed by atoms with Crippen LogP contribution >= 0.6 is 0 Å². The van der Waals surface area contributed by atoms with Gasteiger partial charge in [0.1, 0.15) is 23.7 Å². The summed E-state index contributed by atoms with van der Waals surface area (Å²) in [7, 11) is 0. The van der Waals surface area contributed by atoms with Crippen molar-refractivity contribution < 1.29 is 19.0 Å². The van der Waals surface area contributed by atoms with Crippen molar-refractivity contribution in [2.24, 2.45) is 0 Å². The molecule has 2 aromatic heterocycles. The van der Waals surface area contributed by atoms with Crippen molar-refractivity contribution in [3.8, 4) is 28.9 Å². The van der Waals surface area contributed by atoms with Crippen molar-refractivity contribution in [1.29, 1.82) is 0 Å². The molecule has 0 atom stereocenters. The maximum Gasteiger partial charge on any atom is 0.231 e. The van der Waals surface area contributed by atoms with E-state index in [0.29, 0.717) is 40.5 Å². The third kappa shape index (κ3) is 4.36. The molecule has 32 heavy (non-hydrogen) atoms. The van der Waals surface area contributed by atoms with Crippen molar-refractivity contribution in [2.45, 2.75) is 13.3 Å². The zero-order chi connectivity index (χ0) is 21.9. The first-order valence-electron chi connectivity index (χ1n) is 9.93. The van der Waals surface area contributed by atoms with Crippen LogP contribution in [0.25, 0.3) is 5.82 Å². The van der Waals surface area contributed by atoms with Gasteiger partial charge >= 0.3 is 0 Å². The highest BCUT2D eigenvalue weighted by Gasteiger charge is 2.14. The van der Waals surface area contributed by atoms with Crippen LogP contribution in [-0.2, 0) is 11.2 Å². The number of hydrogen-bond donors (Lipinski definition) is 1. The molecule has 1 amide bonds. The van der Waals surface area contributed by atoms with Crippen LogP contribution < -0.4 is 19.5 Å². The number of nitrogens with one attached hydrogen (secondary N) is 1. The van der Waals surface area contributed by atoms with Gasteiger partial charge in [0.05, 0.1) is 6.42 Å². The van der Waals surface area contributed by atoms with Gasteiger partial charge in [-0.2, -0.15) is 4.98 Å². The molecule has 0 saturated heterocycles. The molecule has 0 fully saturated rings. The lowest BCUT2D eigenvalue weighted by Gasteiger charge is -2.10. The molecule has 160 valence electrons. The average molecular weight is 429 g/mol. The summed E-state index contributed by atoms with van der Waals surface area (Å²) in [6.45, 7) is 2.00. The standard InChI is InChI=1S/C23H19N5O4/c1-15-25-21(28-9-8-24-13-28)12-23(26-15)32-18-5-3-17(4-6-18)27-22(29)11-16-2-7-19-20(10-16)31-14-30-19/h2-10,12-13H,11,14H2,1H3,(H,27,29). The molecule has 9 nitrogen and oxygen atoms in total. The quantitative estimate of drug-likeness (QED) is 0.499. The van der Waals surface area contributed by atoms with Crippen LogP contribution in [0.15, 0.2) is 67.3 Å². The summed E-state index contributed by atoms with van der Waals surface area (Å²) >= 11 is 0. The van der Waals surface area contributed by atoms with Crippen LogP contribution in [-0.4, -0.2) is 32.2 Å². The Hall–Kier alpha value is -4.40. The van der Waals surface area contributed by atoms with Gasteiger partial charge in [-0.15, -0.1) is 0 Å². The summed E-state index contributed by atoms with van der Waals surface area (Å²) in [5.41, 5.74) is 1.51. The number of hydrogen-bond acceptors (Lipinski definition) is 7. The van der Waals surface area contributed by atoms with Crippen LogP contribution in [0.4, 0.5) is 5.69 Å². The maximum absolute atomic E-state index is 12.4. The van der Waals surface area contributed by atoms with Crippen molar-refractivity contribution in [2.75, 3.05) is 12.1 Å². The predicted molar refractivity (Wildman–Crippen MR) is 115 cm³/mol. The van der Waals surface area contributed by atoms with Crippen LogP contribution in [0.1, 0.15) is 11.4 Å². The second-order valence-electron chi connectivity index (χ2n) is 7.12. The van der Waals surface area contributed by atoms with Gasteiger partial charge in [0.25, 0.3) is 0 Å². The second kappa shape index (κ2) is 8.38. The second-order valence-corrected chi connectivity index (χ2v) is 7.12. The van der Waals surface area contributed by atoms with E-state index in [0.717, 1.165) is 5.56 Å². The number of carbonyl (C=O) groups is 1. The Labute approximate surface area is 183 Å². The topological polar surface area (TPSA) is 100 Å². The molecule has 1 aliphatic heterocycles. The number of anilines is 1. The fourth-order valence-electron chi connectivity index (χ4n) is 3.27. The summed E-state index contributed by atoms with van der Waals surface area (Å²) in [5, 5.41) is 2.88. The van der Waals surface area contributed by atoms with Crippen LogP contribution in [0.5, 0.6) is 23.1 Å². The molecule has 0 spiro atoms. The van der Waals surface area contributed by atoms with Gasteiger partial charge in [-0.1, -0.05) is 6.07 Å². The molecular weight excluding hydrogens is 410 g/mol. The van der Waals surface area contributed by atoms with E-state index in [1.807, 2.05) is 18.2 Å². The predicted octanol–water partition coefficient (Wildman–Crippen LogP) is 3.67. The van der Waals surface area contributed by atoms with E-state index < -0.39 is 0 Å². The highest BCUT2D eigenvalue weighted by atomic mass is 16.7. The van der Waals surface area contributed by atoms with Crippen LogP contribution in [0.3, 0.4) is 0 Å². The minimum atomic E-state index is -0.131. The lowest BCUT2D eigenvalue weighted by molar-refractivity contribution is -0.115. The lowest BCUT2D eigenvalue weighted by Crippen LogP contribution is -2.14. The minimum absolute atomic E-state index is 0.131. The van der Waals surface area contributed by atoms with E-state index in [1.165, 1.54) is 0 Å². The Morgan fingerprint density at radius 1 is 1.09 bits per heavy atom. The SMILES string of the molecule is Cc1nc(Oc2ccc(NC(=O)Cc3ccc4c(c3)OCO4)cc2)cc(-n2ccnc2)n1. The molecule has 1 N–H and O–H groups in total. The number of ether oxygens (including phenoxy) is 3. The van der Waals surface area contributed by atoms with E-state index in [4.69, 9.17) is 14.2 Å². The smallest absolute Gasteiger partial charge is 0.231 e. The van der Waals surface area contributed by atoms with Gasteiger partial charge in [0.15, 0.2) is 11.5 Å². The Bertz CT molecular complexity index is 1260. The van der Waals surface area contributed by atoms with Crippen molar-refractivity contribution in [1.82, 2.24) is 19.5 Å². The number of carbonyl (C=O) groups excluding carboxylic acids is 1. The normalized spacial score (nSPS) is 11.9. The molecule has 0 bridgehead atoms. The number of aryl methyl sites for hydroxylation is 1. The minimum Gasteiger partial charge on any atom is -0.454 e. The first-order valence-corrected chi connectivity index (χ1v) is 9.93. The molecule has 0 saturated carbocycles. The zero-order valence-electron chi connectivity index (χ0n) is 17.2. The van der Waals surface area contributed by atoms with Gasteiger partial charge in [0.2, 0.25) is 18.6 Å². The molecule has 9 heteroatoms. The summed E-state index contributed by atoms with van der Waals surface area (Å²) < 4.78 is 18.3. The first kappa shape index (κ1) is 19.6. The molecule has 1 aliphatic rings. The van der Waals surface area contributed by atoms with E-state index in [9.17, 15) is 4.79 Å². The van der Waals surface area contributed by atoms with E-state index in [-0.39, 0.29) is 19.1 Å². The van der Waals surface area contributed by atoms with Crippen molar-refractivity contribution >= 4 is 11.6 Å². The van der Waals surface area contributed by atoms with Crippen molar-refractivity contribution in [3.05, 3.63) is 78.6 Å². The lowest BCUT2D eigenvalue weighted by atomic mass is 10.1. The molecular formula is C23H19N5O4. The van der Waals surface area contributed by atoms with E-state index in [1.54, 1.807) is 60.5 Å².